The minimum absolute atomic E-state index is 0.00899. The molecule has 10 nitrogen and oxygen atoms in total. The summed E-state index contributed by atoms with van der Waals surface area (Å²) in [6.45, 7) is 16.4. The van der Waals surface area contributed by atoms with Crippen LogP contribution in [0.4, 0.5) is 17.6 Å². The molecule has 6 aromatic carbocycles. The van der Waals surface area contributed by atoms with Gasteiger partial charge in [-0.05, 0) is 165 Å². The predicted octanol–water partition coefficient (Wildman–Crippen LogP) is 13.6. The average Bonchev–Trinajstić information content (AvgIpc) is 4.05. The van der Waals surface area contributed by atoms with Crippen LogP contribution in [0.25, 0.3) is 22.3 Å². The fraction of sp³-hybridized carbons (Fsp3) is 0.344. The number of rotatable bonds is 13. The van der Waals surface area contributed by atoms with E-state index in [1.165, 1.54) is 30.7 Å². The third-order valence-electron chi connectivity index (χ3n) is 14.7. The fourth-order valence-electron chi connectivity index (χ4n) is 10.6. The highest BCUT2D eigenvalue weighted by Crippen LogP contribution is 2.55. The molecule has 14 heteroatoms. The summed E-state index contributed by atoms with van der Waals surface area (Å²) in [5.41, 5.74) is 2.75. The van der Waals surface area contributed by atoms with Crippen LogP contribution in [0.5, 0.6) is 46.0 Å². The van der Waals surface area contributed by atoms with Gasteiger partial charge in [0.15, 0.2) is 17.7 Å². The molecule has 6 aromatic rings. The van der Waals surface area contributed by atoms with Crippen molar-refractivity contribution in [1.29, 1.82) is 0 Å². The number of halogens is 4. The maximum atomic E-state index is 15.0. The predicted molar refractivity (Wildman–Crippen MR) is 283 cm³/mol. The molecule has 0 amide bonds. The first-order chi connectivity index (χ1) is 35.9. The first-order valence-electron chi connectivity index (χ1n) is 25.7. The lowest BCUT2D eigenvalue weighted by atomic mass is 9.84. The lowest BCUT2D eigenvalue weighted by Crippen LogP contribution is -2.35. The van der Waals surface area contributed by atoms with Crippen LogP contribution in [0.3, 0.4) is 0 Å². The maximum absolute atomic E-state index is 15.0. The highest BCUT2D eigenvalue weighted by atomic mass is 19.4. The monoisotopic (exact) mass is 1030 g/mol. The molecule has 2 fully saturated rings. The number of allylic oxidation sites excluding steroid dienone is 2. The van der Waals surface area contributed by atoms with E-state index >= 15 is 0 Å². The van der Waals surface area contributed by atoms with Crippen LogP contribution >= 0.6 is 0 Å². The van der Waals surface area contributed by atoms with Crippen molar-refractivity contribution in [2.75, 3.05) is 39.4 Å². The van der Waals surface area contributed by atoms with E-state index in [9.17, 15) is 38.0 Å². The first kappa shape index (κ1) is 52.7. The smallest absolute Gasteiger partial charge is 0.417 e. The summed E-state index contributed by atoms with van der Waals surface area (Å²) in [5, 5.41) is 40.3. The quantitative estimate of drug-likeness (QED) is 0.0831. The van der Waals surface area contributed by atoms with Crippen molar-refractivity contribution in [3.05, 3.63) is 167 Å². The molecule has 0 aromatic heterocycles. The molecule has 0 spiro atoms. The summed E-state index contributed by atoms with van der Waals surface area (Å²) in [4.78, 5) is 4.87. The molecule has 4 N–H and O–H groups in total. The summed E-state index contributed by atoms with van der Waals surface area (Å²) < 4.78 is 83.4. The van der Waals surface area contributed by atoms with Crippen molar-refractivity contribution in [2.45, 2.75) is 84.3 Å². The number of ether oxygens (including phenoxy) is 4. The third kappa shape index (κ3) is 11.7. The Bertz CT molecular complexity index is 3050. The minimum atomic E-state index is -5.00. The Morgan fingerprint density at radius 1 is 0.613 bits per heavy atom. The number of benzene rings is 6. The van der Waals surface area contributed by atoms with Crippen LogP contribution in [0, 0.1) is 17.7 Å². The van der Waals surface area contributed by atoms with Gasteiger partial charge in [-0.15, -0.1) is 0 Å². The van der Waals surface area contributed by atoms with E-state index in [-0.39, 0.29) is 46.3 Å². The van der Waals surface area contributed by atoms with Gasteiger partial charge < -0.3 is 39.4 Å². The number of aromatic hydroxyl groups is 4. The average molecular weight is 1030 g/mol. The molecular weight excluding hydrogens is 965 g/mol. The molecule has 6 atom stereocenters. The van der Waals surface area contributed by atoms with Gasteiger partial charge in [0.1, 0.15) is 59.6 Å². The van der Waals surface area contributed by atoms with Crippen LogP contribution < -0.4 is 18.9 Å². The second-order valence-corrected chi connectivity index (χ2v) is 20.3. The SMILES string of the molecule is CCC1=C(c2cccc(O)c2)C(c2ccc(OC[C@H](C)N3CC[C@@H](C)C3)cc2)Oc2ccc(O)cc21.C[C@@H]1CCN([C@@H](C)COc2ccc(C3Oc4ccc(O)c(F)c4C(C(F)(F)F)=C3c3cccc(O)c3)cc2)C1. The second-order valence-electron chi connectivity index (χ2n) is 20.3. The largest absolute Gasteiger partial charge is 0.508 e. The highest BCUT2D eigenvalue weighted by molar-refractivity contribution is 5.99. The Morgan fingerprint density at radius 2 is 1.09 bits per heavy atom. The molecule has 10 rings (SSSR count). The first-order valence-corrected chi connectivity index (χ1v) is 25.7. The topological polar surface area (TPSA) is 124 Å². The number of hydrogen-bond donors (Lipinski definition) is 4. The van der Waals surface area contributed by atoms with Gasteiger partial charge in [-0.3, -0.25) is 9.80 Å². The van der Waals surface area contributed by atoms with Crippen molar-refractivity contribution in [3.8, 4) is 46.0 Å². The van der Waals surface area contributed by atoms with Gasteiger partial charge in [0.2, 0.25) is 0 Å². The standard InChI is InChI=1S/C31H35NO4.C30H29F4NO4/c1-4-27-28-17-25(34)10-13-29(28)36-31(30(27)23-6-5-7-24(33)16-23)22-8-11-26(12-9-22)35-19-21(3)32-15-14-20(2)18-32;1-17-12-13-35(15-17)18(2)16-38-22-8-6-19(7-9-22)29-25(20-4-3-5-21(36)14-20)27(30(32,33)34)26-24(39-29)11-10-23(37)28(26)31/h5-13,16-17,20-21,31,33-34H,4,14-15,18-19H2,1-3H3;3-11,14,17-18,29,36-37H,12-13,15-16H2,1-2H3/t20-,21+,31?;17-,18+,29?/m11/s1. The fourth-order valence-corrected chi connectivity index (χ4v) is 10.6. The van der Waals surface area contributed by atoms with Crippen molar-refractivity contribution in [3.63, 3.8) is 0 Å². The van der Waals surface area contributed by atoms with Gasteiger partial charge in [-0.2, -0.15) is 13.2 Å². The maximum Gasteiger partial charge on any atom is 0.417 e. The Morgan fingerprint density at radius 3 is 1.57 bits per heavy atom. The van der Waals surface area contributed by atoms with E-state index < -0.39 is 35.0 Å². The molecule has 4 aliphatic rings. The molecule has 4 aliphatic heterocycles. The number of hydrogen-bond acceptors (Lipinski definition) is 10. The molecule has 4 heterocycles. The minimum Gasteiger partial charge on any atom is -0.508 e. The van der Waals surface area contributed by atoms with Crippen LogP contribution in [-0.2, 0) is 0 Å². The summed E-state index contributed by atoms with van der Waals surface area (Å²) in [6.07, 6.45) is -3.45. The van der Waals surface area contributed by atoms with E-state index in [4.69, 9.17) is 18.9 Å². The third-order valence-corrected chi connectivity index (χ3v) is 14.7. The van der Waals surface area contributed by atoms with Gasteiger partial charge in [-0.1, -0.05) is 69.3 Å². The van der Waals surface area contributed by atoms with E-state index in [1.807, 2.05) is 30.3 Å². The van der Waals surface area contributed by atoms with Crippen molar-refractivity contribution >= 4 is 22.3 Å². The zero-order chi connectivity index (χ0) is 53.1. The number of phenols is 4. The lowest BCUT2D eigenvalue weighted by Gasteiger charge is -2.33. The van der Waals surface area contributed by atoms with Crippen LogP contribution in [0.1, 0.15) is 99.5 Å². The van der Waals surface area contributed by atoms with E-state index in [0.29, 0.717) is 36.5 Å². The number of likely N-dealkylation sites (tertiary alicyclic amines) is 2. The number of fused-ring (bicyclic) bond motifs is 2. The summed E-state index contributed by atoms with van der Waals surface area (Å²) in [5.74, 6) is 1.02. The Labute approximate surface area is 435 Å². The molecule has 0 saturated carbocycles. The van der Waals surface area contributed by atoms with E-state index in [2.05, 4.69) is 56.6 Å². The van der Waals surface area contributed by atoms with E-state index in [0.717, 1.165) is 96.4 Å². The summed E-state index contributed by atoms with van der Waals surface area (Å²) in [6, 6.07) is 35.2. The van der Waals surface area contributed by atoms with Crippen molar-refractivity contribution < 1.29 is 56.9 Å². The Hall–Kier alpha value is -7.16. The second kappa shape index (κ2) is 22.4. The molecule has 0 bridgehead atoms. The molecule has 75 heavy (non-hydrogen) atoms. The normalized spacial score (nSPS) is 20.5. The van der Waals surface area contributed by atoms with Gasteiger partial charge in [0.25, 0.3) is 0 Å². The van der Waals surface area contributed by atoms with Crippen molar-refractivity contribution in [1.82, 2.24) is 9.80 Å². The van der Waals surface area contributed by atoms with E-state index in [1.54, 1.807) is 48.5 Å². The molecule has 0 radical (unpaired) electrons. The van der Waals surface area contributed by atoms with Crippen LogP contribution in [0.2, 0.25) is 0 Å². The van der Waals surface area contributed by atoms with Crippen LogP contribution in [0.15, 0.2) is 127 Å². The van der Waals surface area contributed by atoms with Gasteiger partial charge >= 0.3 is 6.18 Å². The molecule has 0 aliphatic carbocycles. The lowest BCUT2D eigenvalue weighted by molar-refractivity contribution is -0.0697. The number of phenolic OH excluding ortho intramolecular Hbond substituents is 4. The molecular formula is C61H64F4N2O8. The zero-order valence-electron chi connectivity index (χ0n) is 42.8. The Kier molecular flexibility index (Phi) is 15.7. The van der Waals surface area contributed by atoms with Crippen LogP contribution in [-0.4, -0.2) is 87.9 Å². The molecule has 2 saturated heterocycles. The zero-order valence-corrected chi connectivity index (χ0v) is 42.8. The van der Waals surface area contributed by atoms with Crippen molar-refractivity contribution in [2.24, 2.45) is 11.8 Å². The summed E-state index contributed by atoms with van der Waals surface area (Å²) in [7, 11) is 0. The van der Waals surface area contributed by atoms with Gasteiger partial charge in [0, 0.05) is 41.9 Å². The number of nitrogens with zero attached hydrogens (tertiary/aromatic N) is 2. The highest BCUT2D eigenvalue weighted by Gasteiger charge is 2.46. The molecule has 394 valence electrons. The Balaban J connectivity index is 0.000000184. The molecule has 2 unspecified atom stereocenters. The van der Waals surface area contributed by atoms with Gasteiger partial charge in [-0.25, -0.2) is 4.39 Å². The summed E-state index contributed by atoms with van der Waals surface area (Å²) >= 11 is 0. The van der Waals surface area contributed by atoms with Gasteiger partial charge in [0.05, 0.1) is 11.1 Å². The number of alkyl halides is 3.